The minimum absolute atomic E-state index is 0.0478. The van der Waals surface area contributed by atoms with Crippen LogP contribution in [0.5, 0.6) is 5.88 Å². The molecule has 7 heteroatoms. The smallest absolute Gasteiger partial charge is 0.241 e. The van der Waals surface area contributed by atoms with Crippen molar-refractivity contribution in [1.82, 2.24) is 14.9 Å². The van der Waals surface area contributed by atoms with Crippen LogP contribution < -0.4 is 10.1 Å². The number of aryl methyl sites for hydroxylation is 2. The number of rotatable bonds is 2. The summed E-state index contributed by atoms with van der Waals surface area (Å²) >= 11 is 0. The molecule has 0 aromatic carbocycles. The molecule has 1 amide bonds. The Bertz CT molecular complexity index is 541. The molecule has 1 aliphatic rings. The second kappa shape index (κ2) is 5.21. The second-order valence-corrected chi connectivity index (χ2v) is 4.24. The van der Waals surface area contributed by atoms with Crippen LogP contribution in [0.15, 0.2) is 4.99 Å². The number of anilines is 1. The molecule has 1 aliphatic heterocycles. The first-order valence-electron chi connectivity index (χ1n) is 6.01. The van der Waals surface area contributed by atoms with Gasteiger partial charge in [0.2, 0.25) is 17.7 Å². The van der Waals surface area contributed by atoms with Crippen molar-refractivity contribution in [3.8, 4) is 5.88 Å². The summed E-state index contributed by atoms with van der Waals surface area (Å²) in [5.41, 5.74) is 1.39. The monoisotopic (exact) mass is 263 g/mol. The molecule has 1 aromatic rings. The zero-order valence-electron chi connectivity index (χ0n) is 11.5. The molecule has 0 spiro atoms. The van der Waals surface area contributed by atoms with Gasteiger partial charge in [0.1, 0.15) is 11.5 Å². The number of carbonyl (C=O) groups excluding carboxylic acids is 1. The molecule has 0 unspecified atom stereocenters. The number of hydrogen-bond acceptors (Lipinski definition) is 6. The fourth-order valence-electron chi connectivity index (χ4n) is 1.95. The third kappa shape index (κ3) is 2.64. The Kier molecular flexibility index (Phi) is 3.64. The Labute approximate surface area is 111 Å². The van der Waals surface area contributed by atoms with E-state index in [9.17, 15) is 4.79 Å². The quantitative estimate of drug-likeness (QED) is 0.851. The van der Waals surface area contributed by atoms with E-state index in [0.29, 0.717) is 36.4 Å². The van der Waals surface area contributed by atoms with Gasteiger partial charge in [-0.1, -0.05) is 0 Å². The average Bonchev–Trinajstić information content (AvgIpc) is 2.80. The van der Waals surface area contributed by atoms with E-state index in [0.717, 1.165) is 5.69 Å². The van der Waals surface area contributed by atoms with Crippen LogP contribution in [-0.4, -0.2) is 46.9 Å². The van der Waals surface area contributed by atoms with E-state index in [1.165, 1.54) is 6.92 Å². The zero-order valence-corrected chi connectivity index (χ0v) is 11.5. The summed E-state index contributed by atoms with van der Waals surface area (Å²) in [6, 6.07) is 0. The third-order valence-electron chi connectivity index (χ3n) is 2.82. The molecule has 0 atom stereocenters. The summed E-state index contributed by atoms with van der Waals surface area (Å²) in [4.78, 5) is 25.8. The van der Waals surface area contributed by atoms with Gasteiger partial charge < -0.3 is 10.1 Å². The highest BCUT2D eigenvalue weighted by atomic mass is 16.5. The molecule has 19 heavy (non-hydrogen) atoms. The lowest BCUT2D eigenvalue weighted by atomic mass is 10.3. The number of nitrogens with zero attached hydrogens (tertiary/aromatic N) is 4. The molecule has 102 valence electrons. The minimum Gasteiger partial charge on any atom is -0.479 e. The summed E-state index contributed by atoms with van der Waals surface area (Å²) in [7, 11) is 1.55. The number of aliphatic imine (C=N–C) groups is 1. The third-order valence-corrected chi connectivity index (χ3v) is 2.82. The number of ether oxygens (including phenoxy) is 1. The lowest BCUT2D eigenvalue weighted by Gasteiger charge is -2.19. The average molecular weight is 263 g/mol. The van der Waals surface area contributed by atoms with Gasteiger partial charge in [-0.05, 0) is 13.8 Å². The van der Waals surface area contributed by atoms with Crippen LogP contribution in [0, 0.1) is 13.8 Å². The zero-order chi connectivity index (χ0) is 14.0. The molecule has 1 aromatic heterocycles. The topological polar surface area (TPSA) is 79.7 Å². The number of hydrogen-bond donors (Lipinski definition) is 1. The Balaban J connectivity index is 2.31. The normalized spacial score (nSPS) is 14.3. The summed E-state index contributed by atoms with van der Waals surface area (Å²) in [5.74, 6) is 1.55. The van der Waals surface area contributed by atoms with Gasteiger partial charge in [0, 0.05) is 13.5 Å². The van der Waals surface area contributed by atoms with Gasteiger partial charge in [-0.2, -0.15) is 4.98 Å². The number of carbonyl (C=O) groups is 1. The van der Waals surface area contributed by atoms with Gasteiger partial charge in [0.25, 0.3) is 0 Å². The highest BCUT2D eigenvalue weighted by molar-refractivity contribution is 6.05. The van der Waals surface area contributed by atoms with Gasteiger partial charge in [-0.25, -0.2) is 4.98 Å². The molecular weight excluding hydrogens is 246 g/mol. The van der Waals surface area contributed by atoms with Crippen molar-refractivity contribution >= 4 is 17.6 Å². The van der Waals surface area contributed by atoms with E-state index >= 15 is 0 Å². The standard InChI is InChI=1S/C12H17N5O2/c1-7-10(11(19-4)15-8(2)14-7)16-12-13-5-6-17(12)9(3)18/h5-6H2,1-4H3,(H,13,16). The number of nitrogens with one attached hydrogen (secondary N) is 1. The van der Waals surface area contributed by atoms with Gasteiger partial charge >= 0.3 is 0 Å². The van der Waals surface area contributed by atoms with E-state index in [2.05, 4.69) is 20.3 Å². The van der Waals surface area contributed by atoms with Crippen LogP contribution in [0.1, 0.15) is 18.4 Å². The Morgan fingerprint density at radius 2 is 2.11 bits per heavy atom. The minimum atomic E-state index is -0.0478. The van der Waals surface area contributed by atoms with Gasteiger partial charge in [-0.15, -0.1) is 0 Å². The van der Waals surface area contributed by atoms with Crippen molar-refractivity contribution in [1.29, 1.82) is 0 Å². The number of methoxy groups -OCH3 is 1. The SMILES string of the molecule is COc1nc(C)nc(C)c1NC1=NCCN1C(C)=O. The molecule has 0 saturated carbocycles. The summed E-state index contributed by atoms with van der Waals surface area (Å²) in [5, 5.41) is 3.09. The van der Waals surface area contributed by atoms with Crippen LogP contribution in [0.2, 0.25) is 0 Å². The van der Waals surface area contributed by atoms with Crippen molar-refractivity contribution < 1.29 is 9.53 Å². The maximum atomic E-state index is 11.5. The molecule has 0 fully saturated rings. The molecule has 0 bridgehead atoms. The van der Waals surface area contributed by atoms with Crippen LogP contribution in [-0.2, 0) is 4.79 Å². The summed E-state index contributed by atoms with van der Waals surface area (Å²) in [6.45, 7) is 6.35. The Morgan fingerprint density at radius 3 is 2.74 bits per heavy atom. The predicted molar refractivity (Wildman–Crippen MR) is 71.4 cm³/mol. The number of guanidine groups is 1. The maximum Gasteiger partial charge on any atom is 0.241 e. The molecule has 0 aliphatic carbocycles. The van der Waals surface area contributed by atoms with E-state index in [-0.39, 0.29) is 5.91 Å². The Hall–Kier alpha value is -2.18. The molecule has 7 nitrogen and oxygen atoms in total. The van der Waals surface area contributed by atoms with Crippen LogP contribution in [0.25, 0.3) is 0 Å². The fourth-order valence-corrected chi connectivity index (χ4v) is 1.95. The number of amides is 1. The Morgan fingerprint density at radius 1 is 1.37 bits per heavy atom. The van der Waals surface area contributed by atoms with E-state index in [4.69, 9.17) is 4.74 Å². The van der Waals surface area contributed by atoms with Gasteiger partial charge in [0.05, 0.1) is 19.3 Å². The first-order chi connectivity index (χ1) is 9.02. The molecule has 2 heterocycles. The first-order valence-corrected chi connectivity index (χ1v) is 6.01. The van der Waals surface area contributed by atoms with Crippen molar-refractivity contribution in [2.45, 2.75) is 20.8 Å². The largest absolute Gasteiger partial charge is 0.479 e. The van der Waals surface area contributed by atoms with Crippen molar-refractivity contribution in [2.75, 3.05) is 25.5 Å². The highest BCUT2D eigenvalue weighted by Crippen LogP contribution is 2.25. The number of aromatic nitrogens is 2. The first kappa shape index (κ1) is 13.3. The van der Waals surface area contributed by atoms with E-state index in [1.54, 1.807) is 18.9 Å². The van der Waals surface area contributed by atoms with Crippen molar-refractivity contribution in [3.63, 3.8) is 0 Å². The molecule has 0 radical (unpaired) electrons. The predicted octanol–water partition coefficient (Wildman–Crippen LogP) is 0.732. The highest BCUT2D eigenvalue weighted by Gasteiger charge is 2.23. The second-order valence-electron chi connectivity index (χ2n) is 4.24. The van der Waals surface area contributed by atoms with Gasteiger partial charge in [-0.3, -0.25) is 14.7 Å². The van der Waals surface area contributed by atoms with Crippen molar-refractivity contribution in [2.24, 2.45) is 4.99 Å². The maximum absolute atomic E-state index is 11.5. The summed E-state index contributed by atoms with van der Waals surface area (Å²) in [6.07, 6.45) is 0. The summed E-state index contributed by atoms with van der Waals surface area (Å²) < 4.78 is 5.24. The fraction of sp³-hybridized carbons (Fsp3) is 0.500. The molecule has 0 saturated heterocycles. The lowest BCUT2D eigenvalue weighted by Crippen LogP contribution is -2.37. The molecule has 1 N–H and O–H groups in total. The molecule has 2 rings (SSSR count). The lowest BCUT2D eigenvalue weighted by molar-refractivity contribution is -0.124. The van der Waals surface area contributed by atoms with Crippen LogP contribution in [0.4, 0.5) is 5.69 Å². The van der Waals surface area contributed by atoms with Crippen molar-refractivity contribution in [3.05, 3.63) is 11.5 Å². The van der Waals surface area contributed by atoms with Crippen LogP contribution >= 0.6 is 0 Å². The van der Waals surface area contributed by atoms with Gasteiger partial charge in [0.15, 0.2) is 0 Å². The van der Waals surface area contributed by atoms with E-state index in [1.807, 2.05) is 6.92 Å². The van der Waals surface area contributed by atoms with Crippen LogP contribution in [0.3, 0.4) is 0 Å². The molecular formula is C12H17N5O2. The van der Waals surface area contributed by atoms with E-state index < -0.39 is 0 Å².